The Bertz CT molecular complexity index is 633. The summed E-state index contributed by atoms with van der Waals surface area (Å²) >= 11 is 0. The van der Waals surface area contributed by atoms with Crippen molar-refractivity contribution in [2.75, 3.05) is 26.8 Å². The molecule has 0 N–H and O–H groups in total. The van der Waals surface area contributed by atoms with Crippen LogP contribution in [0.5, 0.6) is 5.75 Å². The summed E-state index contributed by atoms with van der Waals surface area (Å²) in [6, 6.07) is 15.4. The molecular formula is C19H22FNO2. The van der Waals surface area contributed by atoms with Crippen LogP contribution in [0.3, 0.4) is 0 Å². The summed E-state index contributed by atoms with van der Waals surface area (Å²) in [4.78, 5) is 2.25. The van der Waals surface area contributed by atoms with E-state index in [1.807, 2.05) is 18.2 Å². The molecule has 122 valence electrons. The molecule has 3 nitrogen and oxygen atoms in total. The van der Waals surface area contributed by atoms with Crippen molar-refractivity contribution in [1.82, 2.24) is 4.90 Å². The van der Waals surface area contributed by atoms with Crippen molar-refractivity contribution in [3.63, 3.8) is 0 Å². The van der Waals surface area contributed by atoms with Gasteiger partial charge in [0, 0.05) is 31.3 Å². The quantitative estimate of drug-likeness (QED) is 0.845. The molecule has 0 spiro atoms. The van der Waals surface area contributed by atoms with E-state index in [1.54, 1.807) is 19.2 Å². The first-order valence-corrected chi connectivity index (χ1v) is 7.95. The molecule has 3 rings (SSSR count). The van der Waals surface area contributed by atoms with Crippen molar-refractivity contribution in [2.45, 2.75) is 19.1 Å². The molecule has 2 aromatic rings. The largest absolute Gasteiger partial charge is 0.497 e. The lowest BCUT2D eigenvalue weighted by Crippen LogP contribution is -2.42. The van der Waals surface area contributed by atoms with Crippen LogP contribution in [0.4, 0.5) is 4.39 Å². The highest BCUT2D eigenvalue weighted by Gasteiger charge is 2.21. The second-order valence-electron chi connectivity index (χ2n) is 5.87. The Labute approximate surface area is 136 Å². The first-order valence-electron chi connectivity index (χ1n) is 7.95. The van der Waals surface area contributed by atoms with Crippen LogP contribution in [0.2, 0.25) is 0 Å². The number of benzene rings is 2. The van der Waals surface area contributed by atoms with Crippen LogP contribution in [0.1, 0.15) is 11.1 Å². The molecule has 2 aromatic carbocycles. The van der Waals surface area contributed by atoms with Crippen molar-refractivity contribution in [2.24, 2.45) is 0 Å². The highest BCUT2D eigenvalue weighted by atomic mass is 19.1. The molecule has 1 fully saturated rings. The van der Waals surface area contributed by atoms with Crippen LogP contribution in [-0.2, 0) is 17.7 Å². The van der Waals surface area contributed by atoms with Crippen LogP contribution in [0, 0.1) is 5.82 Å². The molecule has 1 atom stereocenters. The lowest BCUT2D eigenvalue weighted by atomic mass is 10.1. The maximum atomic E-state index is 14.1. The Balaban J connectivity index is 1.60. The van der Waals surface area contributed by atoms with Gasteiger partial charge in [-0.2, -0.15) is 0 Å². The summed E-state index contributed by atoms with van der Waals surface area (Å²) in [6.07, 6.45) is 1.05. The number of morpholine rings is 1. The number of hydrogen-bond donors (Lipinski definition) is 0. The third-order valence-electron chi connectivity index (χ3n) is 4.18. The van der Waals surface area contributed by atoms with Gasteiger partial charge in [-0.05, 0) is 18.1 Å². The molecular weight excluding hydrogens is 293 g/mol. The van der Waals surface area contributed by atoms with Crippen molar-refractivity contribution in [3.8, 4) is 5.75 Å². The summed E-state index contributed by atoms with van der Waals surface area (Å²) in [5.74, 6) is 0.339. The zero-order valence-corrected chi connectivity index (χ0v) is 13.4. The molecule has 1 aliphatic rings. The Morgan fingerprint density at radius 3 is 2.78 bits per heavy atom. The van der Waals surface area contributed by atoms with E-state index in [1.165, 1.54) is 11.6 Å². The topological polar surface area (TPSA) is 21.7 Å². The number of rotatable bonds is 5. The molecule has 4 heteroatoms. The average molecular weight is 315 g/mol. The third-order valence-corrected chi connectivity index (χ3v) is 4.18. The first kappa shape index (κ1) is 16.0. The Kier molecular flexibility index (Phi) is 5.26. The van der Waals surface area contributed by atoms with Gasteiger partial charge in [0.15, 0.2) is 0 Å². The van der Waals surface area contributed by atoms with Gasteiger partial charge in [-0.15, -0.1) is 0 Å². The molecule has 0 amide bonds. The minimum Gasteiger partial charge on any atom is -0.497 e. The van der Waals surface area contributed by atoms with Crippen molar-refractivity contribution < 1.29 is 13.9 Å². The lowest BCUT2D eigenvalue weighted by molar-refractivity contribution is -0.0307. The fourth-order valence-electron chi connectivity index (χ4n) is 2.95. The van der Waals surface area contributed by atoms with Gasteiger partial charge in [0.1, 0.15) is 11.6 Å². The van der Waals surface area contributed by atoms with Gasteiger partial charge in [-0.3, -0.25) is 4.90 Å². The number of halogens is 1. The van der Waals surface area contributed by atoms with E-state index in [0.717, 1.165) is 19.5 Å². The normalized spacial score (nSPS) is 18.8. The molecule has 0 unspecified atom stereocenters. The van der Waals surface area contributed by atoms with Gasteiger partial charge in [0.05, 0.1) is 19.8 Å². The van der Waals surface area contributed by atoms with Crippen molar-refractivity contribution in [1.29, 1.82) is 0 Å². The zero-order chi connectivity index (χ0) is 16.1. The number of hydrogen-bond acceptors (Lipinski definition) is 3. The zero-order valence-electron chi connectivity index (χ0n) is 13.4. The summed E-state index contributed by atoms with van der Waals surface area (Å²) in [5, 5.41) is 0. The molecule has 0 aromatic heterocycles. The van der Waals surface area contributed by atoms with E-state index >= 15 is 0 Å². The average Bonchev–Trinajstić information content (AvgIpc) is 2.58. The lowest BCUT2D eigenvalue weighted by Gasteiger charge is -2.33. The summed E-state index contributed by atoms with van der Waals surface area (Å²) in [7, 11) is 1.55. The SMILES string of the molecule is COc1ccc(CN2CCO[C@@H](Cc3ccccc3)C2)c(F)c1. The second kappa shape index (κ2) is 7.57. The molecule has 0 bridgehead atoms. The van der Waals surface area contributed by atoms with Crippen LogP contribution < -0.4 is 4.74 Å². The van der Waals surface area contributed by atoms with E-state index in [2.05, 4.69) is 17.0 Å². The smallest absolute Gasteiger partial charge is 0.131 e. The van der Waals surface area contributed by atoms with Crippen molar-refractivity contribution in [3.05, 3.63) is 65.5 Å². The minimum atomic E-state index is -0.213. The predicted octanol–water partition coefficient (Wildman–Crippen LogP) is 3.28. The fourth-order valence-corrected chi connectivity index (χ4v) is 2.95. The van der Waals surface area contributed by atoms with Crippen molar-refractivity contribution >= 4 is 0 Å². The van der Waals surface area contributed by atoms with E-state index in [0.29, 0.717) is 24.5 Å². The minimum absolute atomic E-state index is 0.160. The molecule has 1 saturated heterocycles. The monoisotopic (exact) mass is 315 g/mol. The number of nitrogens with zero attached hydrogens (tertiary/aromatic N) is 1. The van der Waals surface area contributed by atoms with Crippen LogP contribution in [0.15, 0.2) is 48.5 Å². The van der Waals surface area contributed by atoms with E-state index < -0.39 is 0 Å². The van der Waals surface area contributed by atoms with Crippen LogP contribution in [0.25, 0.3) is 0 Å². The fraction of sp³-hybridized carbons (Fsp3) is 0.368. The standard InChI is InChI=1S/C19H22FNO2/c1-22-17-8-7-16(19(20)12-17)13-21-9-10-23-18(14-21)11-15-5-3-2-4-6-15/h2-8,12,18H,9-11,13-14H2,1H3/t18-/m0/s1. The van der Waals surface area contributed by atoms with Crippen LogP contribution >= 0.6 is 0 Å². The molecule has 0 aliphatic carbocycles. The Morgan fingerprint density at radius 1 is 1.22 bits per heavy atom. The van der Waals surface area contributed by atoms with E-state index in [-0.39, 0.29) is 11.9 Å². The van der Waals surface area contributed by atoms with E-state index in [4.69, 9.17) is 9.47 Å². The summed E-state index contributed by atoms with van der Waals surface area (Å²) in [5.41, 5.74) is 1.97. The highest BCUT2D eigenvalue weighted by molar-refractivity contribution is 5.28. The number of ether oxygens (including phenoxy) is 2. The van der Waals surface area contributed by atoms with Crippen LogP contribution in [-0.4, -0.2) is 37.8 Å². The Morgan fingerprint density at radius 2 is 2.04 bits per heavy atom. The maximum absolute atomic E-state index is 14.1. The second-order valence-corrected chi connectivity index (χ2v) is 5.87. The molecule has 1 heterocycles. The summed E-state index contributed by atoms with van der Waals surface area (Å²) in [6.45, 7) is 2.94. The van der Waals surface area contributed by atoms with Gasteiger partial charge in [-0.25, -0.2) is 4.39 Å². The van der Waals surface area contributed by atoms with Gasteiger partial charge < -0.3 is 9.47 Å². The van der Waals surface area contributed by atoms with Gasteiger partial charge >= 0.3 is 0 Å². The Hall–Kier alpha value is -1.91. The molecule has 1 aliphatic heterocycles. The number of methoxy groups -OCH3 is 1. The van der Waals surface area contributed by atoms with Gasteiger partial charge in [-0.1, -0.05) is 36.4 Å². The van der Waals surface area contributed by atoms with Gasteiger partial charge in [0.25, 0.3) is 0 Å². The molecule has 0 saturated carbocycles. The maximum Gasteiger partial charge on any atom is 0.131 e. The first-order chi connectivity index (χ1) is 11.2. The molecule has 23 heavy (non-hydrogen) atoms. The third kappa shape index (κ3) is 4.30. The summed E-state index contributed by atoms with van der Waals surface area (Å²) < 4.78 is 25.0. The molecule has 0 radical (unpaired) electrons. The highest BCUT2D eigenvalue weighted by Crippen LogP contribution is 2.19. The van der Waals surface area contributed by atoms with E-state index in [9.17, 15) is 4.39 Å². The predicted molar refractivity (Wildman–Crippen MR) is 88.1 cm³/mol. The van der Waals surface area contributed by atoms with Gasteiger partial charge in [0.2, 0.25) is 0 Å².